The highest BCUT2D eigenvalue weighted by molar-refractivity contribution is 7.17. The minimum absolute atomic E-state index is 0.308. The van der Waals surface area contributed by atoms with Gasteiger partial charge in [0.25, 0.3) is 0 Å². The van der Waals surface area contributed by atoms with E-state index in [0.717, 1.165) is 42.2 Å². The molecule has 2 aromatic heterocycles. The molecule has 0 atom stereocenters. The van der Waals surface area contributed by atoms with Crippen LogP contribution in [-0.4, -0.2) is 48.7 Å². The minimum atomic E-state index is -0.308. The summed E-state index contributed by atoms with van der Waals surface area (Å²) in [5.41, 5.74) is 1.80. The van der Waals surface area contributed by atoms with E-state index < -0.39 is 0 Å². The van der Waals surface area contributed by atoms with Gasteiger partial charge in [0.2, 0.25) is 0 Å². The van der Waals surface area contributed by atoms with Gasteiger partial charge in [-0.2, -0.15) is 0 Å². The van der Waals surface area contributed by atoms with Crippen molar-refractivity contribution in [1.82, 2.24) is 9.97 Å². The molecule has 0 unspecified atom stereocenters. The van der Waals surface area contributed by atoms with E-state index in [-0.39, 0.29) is 5.97 Å². The normalized spacial score (nSPS) is 14.7. The van der Waals surface area contributed by atoms with E-state index in [9.17, 15) is 4.79 Å². The van der Waals surface area contributed by atoms with Crippen LogP contribution in [0.15, 0.2) is 42.0 Å². The van der Waals surface area contributed by atoms with Gasteiger partial charge < -0.3 is 14.5 Å². The van der Waals surface area contributed by atoms with Crippen LogP contribution in [0.3, 0.4) is 0 Å². The third-order valence-corrected chi connectivity index (χ3v) is 5.43. The van der Waals surface area contributed by atoms with E-state index in [1.807, 2.05) is 18.4 Å². The van der Waals surface area contributed by atoms with E-state index in [0.29, 0.717) is 12.2 Å². The van der Waals surface area contributed by atoms with Crippen molar-refractivity contribution in [2.75, 3.05) is 42.6 Å². The molecule has 1 saturated heterocycles. The average Bonchev–Trinajstić information content (AvgIpc) is 3.13. The van der Waals surface area contributed by atoms with Gasteiger partial charge in [-0.1, -0.05) is 18.2 Å². The molecular weight excluding hydrogens is 348 g/mol. The van der Waals surface area contributed by atoms with Gasteiger partial charge in [0.1, 0.15) is 17.0 Å². The van der Waals surface area contributed by atoms with Crippen molar-refractivity contribution in [3.8, 4) is 0 Å². The van der Waals surface area contributed by atoms with Crippen LogP contribution in [0.1, 0.15) is 17.3 Å². The van der Waals surface area contributed by atoms with Crippen LogP contribution in [0.4, 0.5) is 11.5 Å². The lowest BCUT2D eigenvalue weighted by Gasteiger charge is -2.37. The highest BCUT2D eigenvalue weighted by atomic mass is 32.1. The molecule has 0 bridgehead atoms. The molecule has 1 aromatic carbocycles. The quantitative estimate of drug-likeness (QED) is 0.659. The summed E-state index contributed by atoms with van der Waals surface area (Å²) in [5.74, 6) is 0.518. The number of ether oxygens (including phenoxy) is 1. The van der Waals surface area contributed by atoms with Crippen LogP contribution >= 0.6 is 11.3 Å². The topological polar surface area (TPSA) is 58.6 Å². The smallest absolute Gasteiger partial charge is 0.339 e. The SMILES string of the molecule is CCOC(=O)c1csc2ncnc(N3CCN(c4ccccc4)CC3)c12. The van der Waals surface area contributed by atoms with Gasteiger partial charge in [0.05, 0.1) is 17.6 Å². The first-order chi connectivity index (χ1) is 12.8. The summed E-state index contributed by atoms with van der Waals surface area (Å²) in [4.78, 5) is 26.5. The number of rotatable bonds is 4. The molecule has 0 aliphatic carbocycles. The van der Waals surface area contributed by atoms with Crippen molar-refractivity contribution in [2.24, 2.45) is 0 Å². The summed E-state index contributed by atoms with van der Waals surface area (Å²) in [7, 11) is 0. The number of benzene rings is 1. The minimum Gasteiger partial charge on any atom is -0.462 e. The van der Waals surface area contributed by atoms with Gasteiger partial charge in [-0.05, 0) is 19.1 Å². The Morgan fingerprint density at radius 2 is 1.85 bits per heavy atom. The standard InChI is InChI=1S/C19H20N4O2S/c1-2-25-19(24)15-12-26-18-16(15)17(20-13-21-18)23-10-8-22(9-11-23)14-6-4-3-5-7-14/h3-7,12-13H,2,8-11H2,1H3. The lowest BCUT2D eigenvalue weighted by Crippen LogP contribution is -2.47. The zero-order valence-corrected chi connectivity index (χ0v) is 15.4. The van der Waals surface area contributed by atoms with Crippen LogP contribution in [0, 0.1) is 0 Å². The number of nitrogens with zero attached hydrogens (tertiary/aromatic N) is 4. The number of hydrogen-bond acceptors (Lipinski definition) is 7. The lowest BCUT2D eigenvalue weighted by atomic mass is 10.2. The van der Waals surface area contributed by atoms with Gasteiger partial charge in [-0.25, -0.2) is 14.8 Å². The zero-order chi connectivity index (χ0) is 17.9. The van der Waals surface area contributed by atoms with E-state index in [4.69, 9.17) is 4.74 Å². The molecule has 1 aliphatic rings. The summed E-state index contributed by atoms with van der Waals surface area (Å²) in [6.07, 6.45) is 1.58. The van der Waals surface area contributed by atoms with Crippen LogP contribution in [-0.2, 0) is 4.74 Å². The molecule has 134 valence electrons. The predicted molar refractivity (Wildman–Crippen MR) is 104 cm³/mol. The maximum atomic E-state index is 12.3. The number of anilines is 2. The molecule has 1 aliphatic heterocycles. The molecule has 0 spiro atoms. The highest BCUT2D eigenvalue weighted by Gasteiger charge is 2.24. The fraction of sp³-hybridized carbons (Fsp3) is 0.316. The summed E-state index contributed by atoms with van der Waals surface area (Å²) in [6.45, 7) is 5.68. The molecule has 0 amide bonds. The number of para-hydroxylation sites is 1. The molecule has 1 fully saturated rings. The Morgan fingerprint density at radius 3 is 2.58 bits per heavy atom. The number of thiophene rings is 1. The van der Waals surface area contributed by atoms with Crippen molar-refractivity contribution < 1.29 is 9.53 Å². The number of esters is 1. The number of carbonyl (C=O) groups excluding carboxylic acids is 1. The van der Waals surface area contributed by atoms with E-state index in [1.54, 1.807) is 6.33 Å². The summed E-state index contributed by atoms with van der Waals surface area (Å²) in [5, 5.41) is 2.63. The van der Waals surface area contributed by atoms with Crippen LogP contribution in [0.25, 0.3) is 10.2 Å². The third-order valence-electron chi connectivity index (χ3n) is 4.55. The average molecular weight is 368 g/mol. The fourth-order valence-electron chi connectivity index (χ4n) is 3.27. The molecule has 3 aromatic rings. The van der Waals surface area contributed by atoms with Gasteiger partial charge in [-0.15, -0.1) is 11.3 Å². The Labute approximate surface area is 156 Å². The van der Waals surface area contributed by atoms with Crippen molar-refractivity contribution in [1.29, 1.82) is 0 Å². The van der Waals surface area contributed by atoms with E-state index >= 15 is 0 Å². The molecule has 0 saturated carbocycles. The fourth-order valence-corrected chi connectivity index (χ4v) is 4.14. The van der Waals surface area contributed by atoms with Crippen LogP contribution in [0.2, 0.25) is 0 Å². The Morgan fingerprint density at radius 1 is 1.12 bits per heavy atom. The molecule has 0 radical (unpaired) electrons. The first-order valence-corrected chi connectivity index (χ1v) is 9.60. The Bertz CT molecular complexity index is 904. The molecular formula is C19H20N4O2S. The number of piperazine rings is 1. The van der Waals surface area contributed by atoms with Crippen LogP contribution in [0.5, 0.6) is 0 Å². The number of aromatic nitrogens is 2. The second kappa shape index (κ2) is 7.29. The van der Waals surface area contributed by atoms with Crippen molar-refractivity contribution >= 4 is 39.0 Å². The first kappa shape index (κ1) is 16.8. The molecule has 6 nitrogen and oxygen atoms in total. The van der Waals surface area contributed by atoms with Crippen molar-refractivity contribution in [2.45, 2.75) is 6.92 Å². The highest BCUT2D eigenvalue weighted by Crippen LogP contribution is 2.32. The second-order valence-electron chi connectivity index (χ2n) is 6.06. The molecule has 4 rings (SSSR count). The van der Waals surface area contributed by atoms with Crippen molar-refractivity contribution in [3.05, 3.63) is 47.6 Å². The van der Waals surface area contributed by atoms with Gasteiger partial charge in [0, 0.05) is 37.2 Å². The third kappa shape index (κ3) is 3.10. The summed E-state index contributed by atoms with van der Waals surface area (Å²) >= 11 is 1.45. The van der Waals surface area contributed by atoms with Gasteiger partial charge in [0.15, 0.2) is 0 Å². The monoisotopic (exact) mass is 368 g/mol. The molecule has 26 heavy (non-hydrogen) atoms. The largest absolute Gasteiger partial charge is 0.462 e. The number of carbonyl (C=O) groups is 1. The predicted octanol–water partition coefficient (Wildman–Crippen LogP) is 3.19. The van der Waals surface area contributed by atoms with Crippen molar-refractivity contribution in [3.63, 3.8) is 0 Å². The maximum Gasteiger partial charge on any atom is 0.339 e. The lowest BCUT2D eigenvalue weighted by molar-refractivity contribution is 0.0529. The second-order valence-corrected chi connectivity index (χ2v) is 6.92. The van der Waals surface area contributed by atoms with Gasteiger partial charge in [-0.3, -0.25) is 0 Å². The number of fused-ring (bicyclic) bond motifs is 1. The van der Waals surface area contributed by atoms with Gasteiger partial charge >= 0.3 is 5.97 Å². The summed E-state index contributed by atoms with van der Waals surface area (Å²) in [6, 6.07) is 10.4. The molecule has 7 heteroatoms. The molecule has 3 heterocycles. The zero-order valence-electron chi connectivity index (χ0n) is 14.6. The number of hydrogen-bond donors (Lipinski definition) is 0. The Kier molecular flexibility index (Phi) is 4.71. The Balaban J connectivity index is 1.60. The summed E-state index contributed by atoms with van der Waals surface area (Å²) < 4.78 is 5.20. The van der Waals surface area contributed by atoms with E-state index in [1.165, 1.54) is 17.0 Å². The first-order valence-electron chi connectivity index (χ1n) is 8.72. The van der Waals surface area contributed by atoms with E-state index in [2.05, 4.69) is 44.0 Å². The molecule has 0 N–H and O–H groups in total. The Hall–Kier alpha value is -2.67. The van der Waals surface area contributed by atoms with Crippen LogP contribution < -0.4 is 9.80 Å². The maximum absolute atomic E-state index is 12.3.